The van der Waals surface area contributed by atoms with E-state index in [0.717, 1.165) is 37.0 Å². The van der Waals surface area contributed by atoms with Crippen LogP contribution < -0.4 is 63.0 Å². The Kier molecular flexibility index (Phi) is 26.7. The van der Waals surface area contributed by atoms with Crippen molar-refractivity contribution in [3.63, 3.8) is 0 Å². The number of carbonyl (C=O) groups is 3. The van der Waals surface area contributed by atoms with Crippen LogP contribution in [-0.4, -0.2) is 133 Å². The van der Waals surface area contributed by atoms with Crippen molar-refractivity contribution < 1.29 is 81.3 Å². The van der Waals surface area contributed by atoms with Crippen molar-refractivity contribution in [1.82, 2.24) is 30.9 Å². The number of ether oxygens (including phenoxy) is 3. The molecule has 0 unspecified atom stereocenters. The van der Waals surface area contributed by atoms with Gasteiger partial charge in [-0.15, -0.1) is 0 Å². The Hall–Kier alpha value is -11.3. The highest BCUT2D eigenvalue weighted by molar-refractivity contribution is 6.29. The smallest absolute Gasteiger partial charge is 0.396 e. The van der Waals surface area contributed by atoms with E-state index in [1.54, 1.807) is 54.6 Å². The number of anilines is 14. The van der Waals surface area contributed by atoms with Gasteiger partial charge in [-0.1, -0.05) is 48.0 Å². The SMILES string of the molecule is CNC(=O)c1ccccc1Nc1cc(Cl)ncc1C(F)(F)F.CNC(=O)c1ccccc1Nc1cc(Nc2ccc(N3CCOCC3)cc2F)ncc1C(F)(F)F.CNC(=O)c1ccccc1Nc1cc(Nc2ccc(N3CCOCC3)cc2F)ncc1C(F)(F)F.Nc1ccc(N2CCOCC2)cc1F. The highest BCUT2D eigenvalue weighted by atomic mass is 35.5. The lowest BCUT2D eigenvalue weighted by Gasteiger charge is -2.29. The molecular weight excluding hydrogens is 1430 g/mol. The van der Waals surface area contributed by atoms with Gasteiger partial charge in [0, 0.05) is 108 Å². The summed E-state index contributed by atoms with van der Waals surface area (Å²) in [5.41, 5.74) is 5.12. The molecule has 21 nitrogen and oxygen atoms in total. The third-order valence-electron chi connectivity index (χ3n) is 16.1. The van der Waals surface area contributed by atoms with Crippen molar-refractivity contribution in [2.75, 3.05) is 147 Å². The van der Waals surface area contributed by atoms with Crippen LogP contribution in [0.25, 0.3) is 0 Å². The highest BCUT2D eigenvalue weighted by Gasteiger charge is 2.37. The zero-order valence-electron chi connectivity index (χ0n) is 56.7. The maximum atomic E-state index is 14.8. The molecule has 6 aromatic carbocycles. The van der Waals surface area contributed by atoms with E-state index in [1.807, 2.05) is 15.9 Å². The molecule has 0 spiro atoms. The van der Waals surface area contributed by atoms with Gasteiger partial charge in [-0.3, -0.25) is 14.4 Å². The van der Waals surface area contributed by atoms with E-state index in [4.69, 9.17) is 31.5 Å². The Morgan fingerprint density at radius 2 is 0.689 bits per heavy atom. The standard InChI is InChI=1S/2C24H23F4N5O2.C14H11ClF3N3O.C10H13FN2O/c2*1-29-23(34)16-4-2-3-5-19(16)31-21-13-22(30-14-17(21)24(26,27)28)32-20-7-6-15(12-18(20)25)33-8-10-35-11-9-33;1-19-13(22)8-4-2-3-5-10(8)21-11-6-12(15)20-7-9(11)14(16,17)18;11-9-7-8(1-2-10(9)12)13-3-5-14-6-4-13/h2*2-7,12-14H,8-11H2,1H3,(H,29,34)(H2,30,31,32);2-7H,1H3,(H,19,22)(H,20,21);1-2,7H,3-6,12H2. The maximum Gasteiger partial charge on any atom is 0.419 e. The normalized spacial score (nSPS) is 13.8. The third-order valence-corrected chi connectivity index (χ3v) is 16.3. The molecule has 12 rings (SSSR count). The number of hydrogen-bond donors (Lipinski definition) is 9. The topological polar surface area (TPSA) is 250 Å². The summed E-state index contributed by atoms with van der Waals surface area (Å²) >= 11 is 5.67. The predicted octanol–water partition coefficient (Wildman–Crippen LogP) is 14.9. The van der Waals surface area contributed by atoms with Crippen LogP contribution in [0.2, 0.25) is 5.15 Å². The molecule has 0 aliphatic carbocycles. The van der Waals surface area contributed by atoms with Crippen LogP contribution in [0.3, 0.4) is 0 Å². The average molecular weight is 1500 g/mol. The summed E-state index contributed by atoms with van der Waals surface area (Å²) in [6.45, 7) is 7.78. The number of nitrogens with one attached hydrogen (secondary N) is 8. The van der Waals surface area contributed by atoms with Gasteiger partial charge in [-0.25, -0.2) is 28.1 Å². The Morgan fingerprint density at radius 3 is 1.00 bits per heavy atom. The highest BCUT2D eigenvalue weighted by Crippen LogP contribution is 2.41. The number of nitrogens with two attached hydrogens (primary N) is 1. The first-order valence-corrected chi connectivity index (χ1v) is 32.8. The fourth-order valence-corrected chi connectivity index (χ4v) is 10.9. The zero-order valence-corrected chi connectivity index (χ0v) is 57.5. The third kappa shape index (κ3) is 21.2. The number of rotatable bonds is 16. The number of nitrogens with zero attached hydrogens (tertiary/aromatic N) is 6. The quantitative estimate of drug-likeness (QED) is 0.0248. The summed E-state index contributed by atoms with van der Waals surface area (Å²) in [6, 6.07) is 35.9. The van der Waals surface area contributed by atoms with E-state index < -0.39 is 64.6 Å². The van der Waals surface area contributed by atoms with Crippen LogP contribution in [0, 0.1) is 17.5 Å². The van der Waals surface area contributed by atoms with Gasteiger partial charge >= 0.3 is 18.5 Å². The van der Waals surface area contributed by atoms with Gasteiger partial charge in [0.2, 0.25) is 0 Å². The zero-order chi connectivity index (χ0) is 76.3. The number of carbonyl (C=O) groups excluding carboxylic acids is 3. The molecule has 0 atom stereocenters. The number of alkyl halides is 9. The van der Waals surface area contributed by atoms with E-state index in [9.17, 15) is 67.1 Å². The van der Waals surface area contributed by atoms with Crippen LogP contribution in [0.15, 0.2) is 164 Å². The van der Waals surface area contributed by atoms with Gasteiger partial charge in [-0.2, -0.15) is 39.5 Å². The monoisotopic (exact) mass is 1500 g/mol. The molecule has 3 aliphatic rings. The lowest BCUT2D eigenvalue weighted by molar-refractivity contribution is -0.138. The number of benzene rings is 6. The van der Waals surface area contributed by atoms with Crippen LogP contribution in [0.5, 0.6) is 0 Å². The van der Waals surface area contributed by atoms with Gasteiger partial charge < -0.3 is 77.2 Å². The van der Waals surface area contributed by atoms with Crippen LogP contribution in [0.4, 0.5) is 133 Å². The number of amides is 3. The van der Waals surface area contributed by atoms with Crippen molar-refractivity contribution in [2.24, 2.45) is 0 Å². The molecule has 106 heavy (non-hydrogen) atoms. The Balaban J connectivity index is 0.000000172. The molecule has 6 heterocycles. The largest absolute Gasteiger partial charge is 0.419 e. The van der Waals surface area contributed by atoms with E-state index >= 15 is 0 Å². The molecule has 0 radical (unpaired) electrons. The molecule has 10 N–H and O–H groups in total. The lowest BCUT2D eigenvalue weighted by atomic mass is 10.1. The summed E-state index contributed by atoms with van der Waals surface area (Å²) in [7, 11) is 4.28. The predicted molar refractivity (Wildman–Crippen MR) is 381 cm³/mol. The molecule has 3 saturated heterocycles. The molecule has 3 aliphatic heterocycles. The van der Waals surface area contributed by atoms with Crippen LogP contribution in [-0.2, 0) is 32.7 Å². The van der Waals surface area contributed by atoms with Crippen molar-refractivity contribution in [3.8, 4) is 0 Å². The van der Waals surface area contributed by atoms with E-state index in [0.29, 0.717) is 95.8 Å². The molecule has 3 aromatic heterocycles. The van der Waals surface area contributed by atoms with Crippen molar-refractivity contribution in [2.45, 2.75) is 18.5 Å². The van der Waals surface area contributed by atoms with Gasteiger partial charge in [0.05, 0.1) is 124 Å². The minimum Gasteiger partial charge on any atom is -0.396 e. The number of pyridine rings is 3. The van der Waals surface area contributed by atoms with Crippen molar-refractivity contribution in [1.29, 1.82) is 0 Å². The van der Waals surface area contributed by atoms with Crippen LogP contribution >= 0.6 is 11.6 Å². The fourth-order valence-electron chi connectivity index (χ4n) is 10.7. The molecule has 560 valence electrons. The minimum absolute atomic E-state index is 0.00375. The number of nitrogen functional groups attached to an aromatic ring is 1. The number of aromatic nitrogens is 3. The Labute approximate surface area is 604 Å². The Morgan fingerprint density at radius 1 is 0.387 bits per heavy atom. The molecule has 9 aromatic rings. The Bertz CT molecular complexity index is 4340. The van der Waals surface area contributed by atoms with Crippen molar-refractivity contribution in [3.05, 3.63) is 220 Å². The second-order valence-corrected chi connectivity index (χ2v) is 23.5. The van der Waals surface area contributed by atoms with E-state index in [1.165, 1.54) is 87.9 Å². The van der Waals surface area contributed by atoms with Gasteiger partial charge in [0.1, 0.15) is 34.2 Å². The van der Waals surface area contributed by atoms with Gasteiger partial charge in [-0.05, 0) is 97.1 Å². The summed E-state index contributed by atoms with van der Waals surface area (Å²) in [5, 5.41) is 20.7. The lowest BCUT2D eigenvalue weighted by Crippen LogP contribution is -2.36. The molecule has 0 bridgehead atoms. The maximum absolute atomic E-state index is 14.8. The number of para-hydroxylation sites is 3. The number of halogens is 13. The number of hydrogen-bond acceptors (Lipinski definition) is 18. The first kappa shape index (κ1) is 78.8. The summed E-state index contributed by atoms with van der Waals surface area (Å²) in [5.74, 6) is -2.85. The van der Waals surface area contributed by atoms with Gasteiger partial charge in [0.25, 0.3) is 17.7 Å². The molecule has 3 amide bonds. The molecular formula is C72H70ClF12N15O6. The summed E-state index contributed by atoms with van der Waals surface area (Å²) < 4.78 is 180. The van der Waals surface area contributed by atoms with Crippen molar-refractivity contribution >= 4 is 109 Å². The molecule has 34 heteroatoms. The molecule has 0 saturated carbocycles. The average Bonchev–Trinajstić information content (AvgIpc) is 0.816. The van der Waals surface area contributed by atoms with Gasteiger partial charge in [0.15, 0.2) is 0 Å². The molecule has 3 fully saturated rings. The van der Waals surface area contributed by atoms with Crippen LogP contribution in [0.1, 0.15) is 47.8 Å². The summed E-state index contributed by atoms with van der Waals surface area (Å²) in [6.07, 6.45) is -12.0. The number of morpholine rings is 3. The fraction of sp³-hybridized carbons (Fsp3) is 0.250. The first-order chi connectivity index (χ1) is 50.6. The second-order valence-electron chi connectivity index (χ2n) is 23.1. The summed E-state index contributed by atoms with van der Waals surface area (Å²) in [4.78, 5) is 53.2. The minimum atomic E-state index is -4.71. The first-order valence-electron chi connectivity index (χ1n) is 32.4. The second kappa shape index (κ2) is 35.9. The van der Waals surface area contributed by atoms with E-state index in [2.05, 4.69) is 62.4 Å². The van der Waals surface area contributed by atoms with E-state index in [-0.39, 0.29) is 90.5 Å².